The number of nitrogens with one attached hydrogen (secondary N) is 1. The molecule has 0 aromatic rings. The van der Waals surface area contributed by atoms with E-state index in [1.54, 1.807) is 6.92 Å². The van der Waals surface area contributed by atoms with Crippen molar-refractivity contribution in [3.63, 3.8) is 0 Å². The molecule has 0 saturated carbocycles. The number of aliphatic imine (C=N–C) groups is 1. The molecule has 0 radical (unpaired) electrons. The highest BCUT2D eigenvalue weighted by Crippen LogP contribution is 2.27. The molecule has 0 aromatic heterocycles. The largest absolute Gasteiger partial charge is 0.365 e. The highest BCUT2D eigenvalue weighted by Gasteiger charge is 2.42. The zero-order valence-electron chi connectivity index (χ0n) is 12.4. The third-order valence-corrected chi connectivity index (χ3v) is 5.17. The van der Waals surface area contributed by atoms with Crippen LogP contribution >= 0.6 is 22.6 Å². The van der Waals surface area contributed by atoms with Gasteiger partial charge >= 0.3 is 6.17 Å². The van der Waals surface area contributed by atoms with Gasteiger partial charge in [-0.05, 0) is 36.1 Å². The van der Waals surface area contributed by atoms with Gasteiger partial charge in [-0.1, -0.05) is 0 Å². The Morgan fingerprint density at radius 2 is 2.29 bits per heavy atom. The monoisotopic (exact) mass is 400 g/mol. The molecule has 3 heterocycles. The summed E-state index contributed by atoms with van der Waals surface area (Å²) in [5.74, 6) is 0.0384. The van der Waals surface area contributed by atoms with E-state index in [0.717, 1.165) is 34.7 Å². The van der Waals surface area contributed by atoms with E-state index in [-0.39, 0.29) is 18.1 Å². The van der Waals surface area contributed by atoms with Crippen molar-refractivity contribution in [2.24, 2.45) is 10.1 Å². The molecule has 3 aliphatic rings. The minimum absolute atomic E-state index is 0.0384. The third-order valence-electron chi connectivity index (χ3n) is 3.89. The number of rotatable bonds is 2. The number of carbonyl (C=O) groups excluding carboxylic acids is 1. The summed E-state index contributed by atoms with van der Waals surface area (Å²) in [6.45, 7) is 7.39. The zero-order chi connectivity index (χ0) is 15.1. The first-order chi connectivity index (χ1) is 9.95. The highest BCUT2D eigenvalue weighted by molar-refractivity contribution is 14.1. The molecule has 2 atom stereocenters. The number of allylic oxidation sites excluding steroid dienone is 1. The van der Waals surface area contributed by atoms with Crippen LogP contribution in [0, 0.1) is 0 Å². The van der Waals surface area contributed by atoms with E-state index in [2.05, 4.69) is 44.0 Å². The molecular weight excluding hydrogens is 381 g/mol. The van der Waals surface area contributed by atoms with Crippen LogP contribution in [0.25, 0.3) is 0 Å². The fourth-order valence-electron chi connectivity index (χ4n) is 3.00. The van der Waals surface area contributed by atoms with Crippen LogP contribution in [0.4, 0.5) is 0 Å². The molecule has 0 aromatic carbocycles. The summed E-state index contributed by atoms with van der Waals surface area (Å²) in [7, 11) is 0. The van der Waals surface area contributed by atoms with Gasteiger partial charge in [-0.25, -0.2) is 4.99 Å². The number of fused-ring (bicyclic) bond motifs is 1. The average Bonchev–Trinajstić information content (AvgIpc) is 2.96. The molecular formula is C14H19IN5O+. The van der Waals surface area contributed by atoms with Crippen LogP contribution in [0.5, 0.6) is 0 Å². The van der Waals surface area contributed by atoms with Gasteiger partial charge in [-0.15, -0.1) is 0 Å². The predicted octanol–water partition coefficient (Wildman–Crippen LogP) is 1.12. The van der Waals surface area contributed by atoms with Crippen molar-refractivity contribution in [3.8, 4) is 0 Å². The first-order valence-electron chi connectivity index (χ1n) is 7.11. The van der Waals surface area contributed by atoms with Crippen molar-refractivity contribution in [2.45, 2.75) is 39.4 Å². The summed E-state index contributed by atoms with van der Waals surface area (Å²) >= 11 is 2.30. The van der Waals surface area contributed by atoms with E-state index < -0.39 is 0 Å². The van der Waals surface area contributed by atoms with Gasteiger partial charge in [0.25, 0.3) is 3.72 Å². The van der Waals surface area contributed by atoms with Crippen molar-refractivity contribution >= 4 is 43.6 Å². The predicted molar refractivity (Wildman–Crippen MR) is 91.2 cm³/mol. The van der Waals surface area contributed by atoms with Crippen LogP contribution in [0.1, 0.15) is 27.2 Å². The summed E-state index contributed by atoms with van der Waals surface area (Å²) in [4.78, 5) is 18.3. The van der Waals surface area contributed by atoms with E-state index in [1.807, 2.05) is 18.5 Å². The quantitative estimate of drug-likeness (QED) is 0.558. The fraction of sp³-hybridized carbons (Fsp3) is 0.571. The minimum atomic E-state index is -0.0447. The average molecular weight is 400 g/mol. The van der Waals surface area contributed by atoms with Crippen molar-refractivity contribution in [1.29, 1.82) is 0 Å². The summed E-state index contributed by atoms with van der Waals surface area (Å²) in [5.41, 5.74) is 3.20. The van der Waals surface area contributed by atoms with Crippen LogP contribution in [0.2, 0.25) is 0 Å². The van der Waals surface area contributed by atoms with Crippen LogP contribution < -0.4 is 5.32 Å². The minimum Gasteiger partial charge on any atom is -0.365 e. The molecule has 3 aliphatic heterocycles. The molecule has 0 spiro atoms. The Balaban J connectivity index is 1.83. The fourth-order valence-corrected chi connectivity index (χ4v) is 3.51. The highest BCUT2D eigenvalue weighted by atomic mass is 127. The normalized spacial score (nSPS) is 28.2. The maximum absolute atomic E-state index is 11.2. The first kappa shape index (κ1) is 14.7. The van der Waals surface area contributed by atoms with Gasteiger partial charge < -0.3 is 10.2 Å². The molecule has 1 amide bonds. The van der Waals surface area contributed by atoms with Crippen molar-refractivity contribution < 1.29 is 9.48 Å². The van der Waals surface area contributed by atoms with E-state index in [1.165, 1.54) is 5.70 Å². The molecule has 1 unspecified atom stereocenters. The second-order valence-corrected chi connectivity index (χ2v) is 6.69. The molecule has 0 aliphatic carbocycles. The maximum atomic E-state index is 11.2. The number of hydrazone groups is 1. The van der Waals surface area contributed by atoms with Gasteiger partial charge in [0.15, 0.2) is 0 Å². The molecule has 21 heavy (non-hydrogen) atoms. The number of halogens is 1. The van der Waals surface area contributed by atoms with Crippen molar-refractivity contribution in [3.05, 3.63) is 11.8 Å². The van der Waals surface area contributed by atoms with Crippen LogP contribution in [0.15, 0.2) is 21.9 Å². The zero-order valence-corrected chi connectivity index (χ0v) is 14.6. The van der Waals surface area contributed by atoms with Crippen LogP contribution in [0.3, 0.4) is 0 Å². The Kier molecular flexibility index (Phi) is 3.85. The Labute approximate surface area is 137 Å². The topological polar surface area (TPSA) is 60.1 Å². The molecule has 0 bridgehead atoms. The SMILES string of the molecule is CC(=O)N[C@@H]1CCN(C2=CC(C)=N[N+]3=C(I)C(C)=NC23)C1. The number of carbonyl (C=O) groups is 1. The summed E-state index contributed by atoms with van der Waals surface area (Å²) < 4.78 is 3.08. The summed E-state index contributed by atoms with van der Waals surface area (Å²) in [5, 5.41) is 7.59. The van der Waals surface area contributed by atoms with Gasteiger partial charge in [0.05, 0.1) is 0 Å². The van der Waals surface area contributed by atoms with Gasteiger partial charge in [0.2, 0.25) is 5.91 Å². The Morgan fingerprint density at radius 3 is 3.00 bits per heavy atom. The first-order valence-corrected chi connectivity index (χ1v) is 8.19. The summed E-state index contributed by atoms with van der Waals surface area (Å²) in [6.07, 6.45) is 3.05. The van der Waals surface area contributed by atoms with Gasteiger partial charge in [0, 0.05) is 48.6 Å². The molecule has 1 N–H and O–H groups in total. The lowest BCUT2D eigenvalue weighted by Gasteiger charge is -2.24. The van der Waals surface area contributed by atoms with E-state index in [9.17, 15) is 4.79 Å². The lowest BCUT2D eigenvalue weighted by atomic mass is 10.2. The Morgan fingerprint density at radius 1 is 1.52 bits per heavy atom. The lowest BCUT2D eigenvalue weighted by molar-refractivity contribution is -0.556. The Bertz CT molecular complexity index is 619. The number of amides is 1. The third kappa shape index (κ3) is 2.75. The number of hydrogen-bond acceptors (Lipinski definition) is 4. The summed E-state index contributed by atoms with van der Waals surface area (Å²) in [6, 6.07) is 0.227. The number of likely N-dealkylation sites (tertiary alicyclic amines) is 1. The molecule has 6 nitrogen and oxygen atoms in total. The van der Waals surface area contributed by atoms with E-state index in [4.69, 9.17) is 4.99 Å². The van der Waals surface area contributed by atoms with Crippen LogP contribution in [-0.4, -0.2) is 55.9 Å². The van der Waals surface area contributed by atoms with Gasteiger partial charge in [-0.3, -0.25) is 4.79 Å². The molecule has 3 rings (SSSR count). The molecule has 112 valence electrons. The van der Waals surface area contributed by atoms with Gasteiger partial charge in [0.1, 0.15) is 17.1 Å². The standard InChI is InChI=1S/C14H18IN5O/c1-8-6-12(14-16-9(2)13(15)20(14)18-8)19-5-4-11(7-19)17-10(3)21/h6,11,14H,4-5,7H2,1-3H3/p+1/t11-,14?/m1/s1. The Hall–Kier alpha value is -1.25. The smallest absolute Gasteiger partial charge is 0.318 e. The molecule has 1 saturated heterocycles. The number of hydrogen-bond donors (Lipinski definition) is 1. The maximum Gasteiger partial charge on any atom is 0.318 e. The second-order valence-electron chi connectivity index (χ2n) is 5.67. The lowest BCUT2D eigenvalue weighted by Crippen LogP contribution is -2.39. The molecule has 7 heteroatoms. The van der Waals surface area contributed by atoms with Crippen molar-refractivity contribution in [2.75, 3.05) is 13.1 Å². The van der Waals surface area contributed by atoms with E-state index >= 15 is 0 Å². The van der Waals surface area contributed by atoms with Crippen LogP contribution in [-0.2, 0) is 4.79 Å². The van der Waals surface area contributed by atoms with E-state index in [0.29, 0.717) is 0 Å². The number of nitrogens with zero attached hydrogens (tertiary/aromatic N) is 4. The second kappa shape index (κ2) is 5.51. The van der Waals surface area contributed by atoms with Crippen molar-refractivity contribution in [1.82, 2.24) is 10.2 Å². The van der Waals surface area contributed by atoms with Gasteiger partial charge in [-0.2, -0.15) is 0 Å². The molecule has 1 fully saturated rings.